The summed E-state index contributed by atoms with van der Waals surface area (Å²) in [6, 6.07) is 2.01. The van der Waals surface area contributed by atoms with E-state index in [4.69, 9.17) is 0 Å². The molecule has 1 saturated carbocycles. The Kier molecular flexibility index (Phi) is 3.15. The summed E-state index contributed by atoms with van der Waals surface area (Å²) in [5, 5.41) is 10.4. The number of aryl methyl sites for hydroxylation is 1. The molecule has 1 aliphatic carbocycles. The second-order valence-corrected chi connectivity index (χ2v) is 4.95. The second kappa shape index (κ2) is 4.42. The van der Waals surface area contributed by atoms with Crippen LogP contribution in [0.3, 0.4) is 0 Å². The van der Waals surface area contributed by atoms with E-state index in [1.165, 1.54) is 0 Å². The highest BCUT2D eigenvalue weighted by molar-refractivity contribution is 5.51. The zero-order chi connectivity index (χ0) is 11.6. The minimum atomic E-state index is -0.482. The normalized spacial score (nSPS) is 18.7. The van der Waals surface area contributed by atoms with Crippen LogP contribution in [0.5, 0.6) is 0 Å². The van der Waals surface area contributed by atoms with Crippen molar-refractivity contribution in [2.75, 3.05) is 18.5 Å². The van der Waals surface area contributed by atoms with Crippen molar-refractivity contribution in [2.24, 2.45) is 0 Å². The number of nitrogens with zero attached hydrogens (tertiary/aromatic N) is 2. The molecule has 0 amide bonds. The van der Waals surface area contributed by atoms with Crippen LogP contribution >= 0.6 is 0 Å². The van der Waals surface area contributed by atoms with E-state index in [0.717, 1.165) is 43.5 Å². The second-order valence-electron chi connectivity index (χ2n) is 4.95. The molecule has 0 saturated heterocycles. The van der Waals surface area contributed by atoms with Gasteiger partial charge in [0.05, 0.1) is 5.60 Å². The lowest BCUT2D eigenvalue weighted by Crippen LogP contribution is -2.39. The topological polar surface area (TPSA) is 36.4 Å². The van der Waals surface area contributed by atoms with E-state index < -0.39 is 5.60 Å². The number of hydrogen-bond acceptors (Lipinski definition) is 3. The molecule has 1 aromatic rings. The Hall–Kier alpha value is -1.09. The number of likely N-dealkylation sites (N-methyl/N-ethyl adjacent to an activating group) is 1. The van der Waals surface area contributed by atoms with Gasteiger partial charge in [0.2, 0.25) is 0 Å². The van der Waals surface area contributed by atoms with Crippen molar-refractivity contribution < 1.29 is 5.11 Å². The summed E-state index contributed by atoms with van der Waals surface area (Å²) in [7, 11) is 2.04. The Morgan fingerprint density at radius 3 is 2.75 bits per heavy atom. The van der Waals surface area contributed by atoms with Crippen molar-refractivity contribution in [1.29, 1.82) is 0 Å². The van der Waals surface area contributed by atoms with E-state index >= 15 is 0 Å². The van der Waals surface area contributed by atoms with Crippen LogP contribution in [-0.4, -0.2) is 29.3 Å². The third-order valence-corrected chi connectivity index (χ3v) is 3.47. The predicted octanol–water partition coefficient (Wildman–Crippen LogP) is 2.13. The molecule has 88 valence electrons. The molecule has 0 atom stereocenters. The van der Waals surface area contributed by atoms with Gasteiger partial charge in [-0.25, -0.2) is 0 Å². The first-order valence-corrected chi connectivity index (χ1v) is 5.95. The number of pyridine rings is 1. The average molecular weight is 220 g/mol. The fourth-order valence-corrected chi connectivity index (χ4v) is 2.61. The Morgan fingerprint density at radius 1 is 1.44 bits per heavy atom. The van der Waals surface area contributed by atoms with Crippen LogP contribution in [0.25, 0.3) is 0 Å². The Morgan fingerprint density at radius 2 is 2.12 bits per heavy atom. The quantitative estimate of drug-likeness (QED) is 0.847. The lowest BCUT2D eigenvalue weighted by molar-refractivity contribution is 0.0559. The molecule has 0 aromatic carbocycles. The van der Waals surface area contributed by atoms with Gasteiger partial charge in [0.15, 0.2) is 0 Å². The number of hydrogen-bond donors (Lipinski definition) is 1. The number of aliphatic hydroxyl groups is 1. The Bertz CT molecular complexity index is 359. The lowest BCUT2D eigenvalue weighted by atomic mass is 10.0. The minimum absolute atomic E-state index is 0.482. The van der Waals surface area contributed by atoms with E-state index in [1.807, 2.05) is 19.3 Å². The third-order valence-electron chi connectivity index (χ3n) is 3.47. The largest absolute Gasteiger partial charge is 0.388 e. The van der Waals surface area contributed by atoms with Crippen molar-refractivity contribution in [1.82, 2.24) is 4.98 Å². The molecule has 3 nitrogen and oxygen atoms in total. The van der Waals surface area contributed by atoms with Crippen LogP contribution in [0.15, 0.2) is 18.5 Å². The van der Waals surface area contributed by atoms with E-state index in [1.54, 1.807) is 6.20 Å². The summed E-state index contributed by atoms with van der Waals surface area (Å²) in [5.74, 6) is 0. The minimum Gasteiger partial charge on any atom is -0.388 e. The van der Waals surface area contributed by atoms with E-state index in [9.17, 15) is 5.11 Å². The van der Waals surface area contributed by atoms with Gasteiger partial charge >= 0.3 is 0 Å². The van der Waals surface area contributed by atoms with Gasteiger partial charge in [-0.2, -0.15) is 0 Å². The van der Waals surface area contributed by atoms with Crippen LogP contribution in [0.1, 0.15) is 31.2 Å². The van der Waals surface area contributed by atoms with Crippen LogP contribution < -0.4 is 4.90 Å². The molecule has 1 N–H and O–H groups in total. The maximum absolute atomic E-state index is 10.4. The zero-order valence-corrected chi connectivity index (χ0v) is 10.1. The van der Waals surface area contributed by atoms with Crippen molar-refractivity contribution in [3.05, 3.63) is 24.0 Å². The smallest absolute Gasteiger partial charge is 0.0821 e. The standard InChI is InChI=1S/C13H20N2O/c1-11-9-14-8-5-12(11)15(2)10-13(16)6-3-4-7-13/h5,8-9,16H,3-4,6-7,10H2,1-2H3. The maximum atomic E-state index is 10.4. The molecule has 0 unspecified atom stereocenters. The highest BCUT2D eigenvalue weighted by atomic mass is 16.3. The van der Waals surface area contributed by atoms with Gasteiger partial charge in [0, 0.05) is 31.7 Å². The maximum Gasteiger partial charge on any atom is 0.0821 e. The summed E-state index contributed by atoms with van der Waals surface area (Å²) in [4.78, 5) is 6.23. The highest BCUT2D eigenvalue weighted by Crippen LogP contribution is 2.31. The van der Waals surface area contributed by atoms with Gasteiger partial charge in [-0.1, -0.05) is 12.8 Å². The van der Waals surface area contributed by atoms with Crippen molar-refractivity contribution in [2.45, 2.75) is 38.2 Å². The molecule has 0 aliphatic heterocycles. The van der Waals surface area contributed by atoms with Crippen molar-refractivity contribution in [3.8, 4) is 0 Å². The first kappa shape index (κ1) is 11.4. The van der Waals surface area contributed by atoms with Crippen LogP contribution in [-0.2, 0) is 0 Å². The number of aromatic nitrogens is 1. The van der Waals surface area contributed by atoms with Gasteiger partial charge in [-0.15, -0.1) is 0 Å². The molecule has 2 rings (SSSR count). The predicted molar refractivity (Wildman–Crippen MR) is 65.7 cm³/mol. The molecule has 0 radical (unpaired) electrons. The molecule has 1 aromatic heterocycles. The first-order valence-electron chi connectivity index (χ1n) is 5.95. The molecule has 1 heterocycles. The molecule has 0 spiro atoms. The van der Waals surface area contributed by atoms with E-state index in [-0.39, 0.29) is 0 Å². The average Bonchev–Trinajstić information content (AvgIpc) is 2.65. The highest BCUT2D eigenvalue weighted by Gasteiger charge is 2.32. The van der Waals surface area contributed by atoms with Crippen molar-refractivity contribution in [3.63, 3.8) is 0 Å². The molecular weight excluding hydrogens is 200 g/mol. The Balaban J connectivity index is 2.08. The molecule has 3 heteroatoms. The summed E-state index contributed by atoms with van der Waals surface area (Å²) in [5.41, 5.74) is 1.84. The summed E-state index contributed by atoms with van der Waals surface area (Å²) in [6.07, 6.45) is 7.84. The zero-order valence-electron chi connectivity index (χ0n) is 10.1. The van der Waals surface area contributed by atoms with Crippen LogP contribution in [0, 0.1) is 6.92 Å². The molecular formula is C13H20N2O. The SMILES string of the molecule is Cc1cnccc1N(C)CC1(O)CCCC1. The molecule has 1 aliphatic rings. The van der Waals surface area contributed by atoms with E-state index in [2.05, 4.69) is 16.8 Å². The fraction of sp³-hybridized carbons (Fsp3) is 0.615. The summed E-state index contributed by atoms with van der Waals surface area (Å²) >= 11 is 0. The monoisotopic (exact) mass is 220 g/mol. The van der Waals surface area contributed by atoms with Crippen LogP contribution in [0.2, 0.25) is 0 Å². The van der Waals surface area contributed by atoms with Gasteiger partial charge in [-0.3, -0.25) is 4.98 Å². The van der Waals surface area contributed by atoms with E-state index in [0.29, 0.717) is 0 Å². The molecule has 16 heavy (non-hydrogen) atoms. The summed E-state index contributed by atoms with van der Waals surface area (Å²) < 4.78 is 0. The van der Waals surface area contributed by atoms with Crippen LogP contribution in [0.4, 0.5) is 5.69 Å². The molecule has 0 bridgehead atoms. The molecule has 1 fully saturated rings. The van der Waals surface area contributed by atoms with Crippen molar-refractivity contribution >= 4 is 5.69 Å². The van der Waals surface area contributed by atoms with Gasteiger partial charge in [0.1, 0.15) is 0 Å². The van der Waals surface area contributed by atoms with Gasteiger partial charge in [-0.05, 0) is 31.4 Å². The van der Waals surface area contributed by atoms with Gasteiger partial charge in [0.25, 0.3) is 0 Å². The third kappa shape index (κ3) is 2.35. The number of rotatable bonds is 3. The Labute approximate surface area is 97.1 Å². The summed E-state index contributed by atoms with van der Waals surface area (Å²) in [6.45, 7) is 2.77. The van der Waals surface area contributed by atoms with Gasteiger partial charge < -0.3 is 10.0 Å². The fourth-order valence-electron chi connectivity index (χ4n) is 2.61. The first-order chi connectivity index (χ1) is 7.61. The number of anilines is 1. The lowest BCUT2D eigenvalue weighted by Gasteiger charge is -2.30.